The van der Waals surface area contributed by atoms with Crippen molar-refractivity contribution in [2.24, 2.45) is 0 Å². The summed E-state index contributed by atoms with van der Waals surface area (Å²) in [5.74, 6) is -0.237. The van der Waals surface area contributed by atoms with E-state index in [2.05, 4.69) is 10.3 Å². The van der Waals surface area contributed by atoms with Gasteiger partial charge in [-0.25, -0.2) is 4.98 Å². The number of nitrogens with one attached hydrogen (secondary N) is 1. The van der Waals surface area contributed by atoms with Gasteiger partial charge in [0.2, 0.25) is 0 Å². The summed E-state index contributed by atoms with van der Waals surface area (Å²) in [4.78, 5) is 26.1. The van der Waals surface area contributed by atoms with Crippen LogP contribution < -0.4 is 5.32 Å². The first kappa shape index (κ1) is 12.3. The molecular formula is C12H7N3O4S. The molecule has 0 atom stereocenters. The second kappa shape index (κ2) is 4.74. The van der Waals surface area contributed by atoms with Crippen LogP contribution in [0.2, 0.25) is 0 Å². The summed E-state index contributed by atoms with van der Waals surface area (Å²) in [6.07, 6.45) is 1.40. The van der Waals surface area contributed by atoms with Gasteiger partial charge in [-0.15, -0.1) is 0 Å². The van der Waals surface area contributed by atoms with E-state index in [0.29, 0.717) is 10.6 Å². The molecule has 0 bridgehead atoms. The standard InChI is InChI=1S/C12H7N3O4S/c16-11(9-2-1-5-19-9)14-12-13-8-6-7(15(17)18)3-4-10(8)20-12/h1-6H,(H,13,14,16). The molecule has 0 aliphatic rings. The Hall–Kier alpha value is -2.74. The number of nitrogens with zero attached hydrogens (tertiary/aromatic N) is 2. The van der Waals surface area contributed by atoms with Crippen LogP contribution in [0.25, 0.3) is 10.2 Å². The predicted octanol–water partition coefficient (Wildman–Crippen LogP) is 3.05. The Morgan fingerprint density at radius 2 is 2.25 bits per heavy atom. The first-order valence-electron chi connectivity index (χ1n) is 5.53. The van der Waals surface area contributed by atoms with Gasteiger partial charge < -0.3 is 4.42 Å². The predicted molar refractivity (Wildman–Crippen MR) is 72.9 cm³/mol. The lowest BCUT2D eigenvalue weighted by Gasteiger charge is -1.96. The lowest BCUT2D eigenvalue weighted by atomic mass is 10.3. The topological polar surface area (TPSA) is 98.3 Å². The number of fused-ring (bicyclic) bond motifs is 1. The van der Waals surface area contributed by atoms with Crippen LogP contribution in [0, 0.1) is 10.1 Å². The van der Waals surface area contributed by atoms with Gasteiger partial charge in [0.05, 0.1) is 21.4 Å². The van der Waals surface area contributed by atoms with Crippen molar-refractivity contribution in [3.8, 4) is 0 Å². The molecule has 3 rings (SSSR count). The molecule has 0 aliphatic heterocycles. The minimum absolute atomic E-state index is 0.0355. The van der Waals surface area contributed by atoms with Crippen molar-refractivity contribution in [1.29, 1.82) is 0 Å². The summed E-state index contributed by atoms with van der Waals surface area (Å²) in [6.45, 7) is 0. The maximum absolute atomic E-state index is 11.8. The van der Waals surface area contributed by atoms with Gasteiger partial charge in [-0.05, 0) is 18.2 Å². The van der Waals surface area contributed by atoms with Crippen molar-refractivity contribution in [1.82, 2.24) is 4.98 Å². The summed E-state index contributed by atoms with van der Waals surface area (Å²) in [5, 5.41) is 13.6. The zero-order chi connectivity index (χ0) is 14.1. The zero-order valence-corrected chi connectivity index (χ0v) is 10.7. The van der Waals surface area contributed by atoms with Crippen LogP contribution >= 0.6 is 11.3 Å². The third kappa shape index (κ3) is 2.24. The van der Waals surface area contributed by atoms with E-state index in [4.69, 9.17) is 4.42 Å². The number of amides is 1. The molecule has 0 fully saturated rings. The van der Waals surface area contributed by atoms with Gasteiger partial charge in [-0.3, -0.25) is 20.2 Å². The van der Waals surface area contributed by atoms with E-state index < -0.39 is 10.8 Å². The van der Waals surface area contributed by atoms with Gasteiger partial charge in [0.15, 0.2) is 10.9 Å². The van der Waals surface area contributed by atoms with E-state index >= 15 is 0 Å². The Balaban J connectivity index is 1.89. The van der Waals surface area contributed by atoms with E-state index in [0.717, 1.165) is 4.70 Å². The van der Waals surface area contributed by atoms with Crippen LogP contribution in [0.3, 0.4) is 0 Å². The number of hydrogen-bond acceptors (Lipinski definition) is 6. The molecule has 0 saturated heterocycles. The van der Waals surface area contributed by atoms with Gasteiger partial charge >= 0.3 is 0 Å². The van der Waals surface area contributed by atoms with E-state index in [1.165, 1.54) is 35.8 Å². The molecular weight excluding hydrogens is 282 g/mol. The minimum atomic E-state index is -0.486. The smallest absolute Gasteiger partial charge is 0.293 e. The zero-order valence-electron chi connectivity index (χ0n) is 9.90. The highest BCUT2D eigenvalue weighted by Gasteiger charge is 2.14. The van der Waals surface area contributed by atoms with Crippen molar-refractivity contribution in [2.45, 2.75) is 0 Å². The summed E-state index contributed by atoms with van der Waals surface area (Å²) in [7, 11) is 0. The second-order valence-corrected chi connectivity index (χ2v) is 4.89. The number of nitro benzene ring substituents is 1. The van der Waals surface area contributed by atoms with Crippen LogP contribution in [-0.2, 0) is 0 Å². The van der Waals surface area contributed by atoms with Crippen LogP contribution in [0.4, 0.5) is 10.8 Å². The lowest BCUT2D eigenvalue weighted by Crippen LogP contribution is -2.10. The third-order valence-electron chi connectivity index (χ3n) is 2.55. The highest BCUT2D eigenvalue weighted by Crippen LogP contribution is 2.29. The number of furan rings is 1. The van der Waals surface area contributed by atoms with Gasteiger partial charge in [-0.2, -0.15) is 0 Å². The Labute approximate surface area is 116 Å². The number of thiazole rings is 1. The maximum Gasteiger partial charge on any atom is 0.293 e. The molecule has 1 aromatic carbocycles. The highest BCUT2D eigenvalue weighted by atomic mass is 32.1. The molecule has 2 heterocycles. The number of nitro groups is 1. The molecule has 2 aromatic heterocycles. The van der Waals surface area contributed by atoms with E-state index in [1.54, 1.807) is 12.1 Å². The van der Waals surface area contributed by atoms with E-state index in [9.17, 15) is 14.9 Å². The molecule has 3 aromatic rings. The second-order valence-electron chi connectivity index (χ2n) is 3.86. The van der Waals surface area contributed by atoms with Crippen molar-refractivity contribution in [3.05, 3.63) is 52.5 Å². The number of benzene rings is 1. The Morgan fingerprint density at radius 1 is 1.40 bits per heavy atom. The SMILES string of the molecule is O=C(Nc1nc2cc([N+](=O)[O-])ccc2s1)c1ccco1. The fourth-order valence-electron chi connectivity index (χ4n) is 1.65. The van der Waals surface area contributed by atoms with Gasteiger partial charge in [0, 0.05) is 12.1 Å². The monoisotopic (exact) mass is 289 g/mol. The normalized spacial score (nSPS) is 10.6. The summed E-state index contributed by atoms with van der Waals surface area (Å²) in [5.41, 5.74) is 0.436. The highest BCUT2D eigenvalue weighted by molar-refractivity contribution is 7.22. The average molecular weight is 289 g/mol. The molecule has 0 radical (unpaired) electrons. The summed E-state index contributed by atoms with van der Waals surface area (Å²) < 4.78 is 5.72. The average Bonchev–Trinajstić information content (AvgIpc) is 3.06. The van der Waals surface area contributed by atoms with Gasteiger partial charge in [0.25, 0.3) is 11.6 Å². The number of carbonyl (C=O) groups excluding carboxylic acids is 1. The van der Waals surface area contributed by atoms with Crippen molar-refractivity contribution in [2.75, 3.05) is 5.32 Å². The van der Waals surface area contributed by atoms with Crippen LogP contribution in [0.1, 0.15) is 10.6 Å². The molecule has 0 unspecified atom stereocenters. The fourth-order valence-corrected chi connectivity index (χ4v) is 2.49. The molecule has 0 aliphatic carbocycles. The maximum atomic E-state index is 11.8. The molecule has 1 N–H and O–H groups in total. The Morgan fingerprint density at radius 3 is 2.95 bits per heavy atom. The Kier molecular flexibility index (Phi) is 2.92. The van der Waals surface area contributed by atoms with Crippen molar-refractivity contribution >= 4 is 38.3 Å². The van der Waals surface area contributed by atoms with E-state index in [-0.39, 0.29) is 11.4 Å². The van der Waals surface area contributed by atoms with Crippen molar-refractivity contribution in [3.63, 3.8) is 0 Å². The number of non-ortho nitro benzene ring substituents is 1. The molecule has 20 heavy (non-hydrogen) atoms. The third-order valence-corrected chi connectivity index (χ3v) is 3.50. The van der Waals surface area contributed by atoms with Crippen LogP contribution in [0.5, 0.6) is 0 Å². The number of anilines is 1. The van der Waals surface area contributed by atoms with Gasteiger partial charge in [0.1, 0.15) is 0 Å². The summed E-state index contributed by atoms with van der Waals surface area (Å²) in [6, 6.07) is 7.52. The molecule has 100 valence electrons. The first-order valence-corrected chi connectivity index (χ1v) is 6.35. The van der Waals surface area contributed by atoms with Crippen LogP contribution in [-0.4, -0.2) is 15.8 Å². The Bertz CT molecular complexity index is 794. The molecule has 1 amide bonds. The molecule has 0 saturated carbocycles. The number of rotatable bonds is 3. The number of hydrogen-bond donors (Lipinski definition) is 1. The minimum Gasteiger partial charge on any atom is -0.459 e. The van der Waals surface area contributed by atoms with Gasteiger partial charge in [-0.1, -0.05) is 11.3 Å². The molecule has 0 spiro atoms. The molecule has 7 nitrogen and oxygen atoms in total. The van der Waals surface area contributed by atoms with Crippen molar-refractivity contribution < 1.29 is 14.1 Å². The summed E-state index contributed by atoms with van der Waals surface area (Å²) >= 11 is 1.24. The largest absolute Gasteiger partial charge is 0.459 e. The van der Waals surface area contributed by atoms with Crippen LogP contribution in [0.15, 0.2) is 41.0 Å². The number of carbonyl (C=O) groups is 1. The van der Waals surface area contributed by atoms with E-state index in [1.807, 2.05) is 0 Å². The number of aromatic nitrogens is 1. The fraction of sp³-hybridized carbons (Fsp3) is 0. The quantitative estimate of drug-likeness (QED) is 0.590. The lowest BCUT2D eigenvalue weighted by molar-refractivity contribution is -0.384. The first-order chi connectivity index (χ1) is 9.63. The molecule has 8 heteroatoms.